The third-order valence-corrected chi connectivity index (χ3v) is 8.08. The smallest absolute Gasteiger partial charge is 0.325 e. The molecule has 9 nitrogen and oxygen atoms in total. The molecule has 2 aliphatic rings. The second-order valence-corrected chi connectivity index (χ2v) is 12.3. The minimum absolute atomic E-state index is 0.0266. The lowest BCUT2D eigenvalue weighted by Gasteiger charge is -2.44. The molecule has 2 rings (SSSR count). The summed E-state index contributed by atoms with van der Waals surface area (Å²) in [6, 6.07) is -0.0903. The van der Waals surface area contributed by atoms with E-state index in [4.69, 9.17) is 15.9 Å². The molecule has 2 saturated heterocycles. The molecule has 0 aromatic heterocycles. The summed E-state index contributed by atoms with van der Waals surface area (Å²) in [5.41, 5.74) is 2.31. The highest BCUT2D eigenvalue weighted by Gasteiger charge is 2.53. The quantitative estimate of drug-likeness (QED) is 0.110. The minimum Gasteiger partial charge on any atom is -0.501 e. The van der Waals surface area contributed by atoms with Gasteiger partial charge in [0.15, 0.2) is 0 Å². The second-order valence-electron chi connectivity index (χ2n) is 12.3. The van der Waals surface area contributed by atoms with Crippen LogP contribution in [0.25, 0.3) is 0 Å². The molecule has 0 bridgehead atoms. The number of likely N-dealkylation sites (N-methyl/N-ethyl adjacent to an activating group) is 2. The Labute approximate surface area is 253 Å². The summed E-state index contributed by atoms with van der Waals surface area (Å²) in [5.74, 6) is 3.98. The number of methoxy groups -OCH3 is 2. The van der Waals surface area contributed by atoms with Crippen LogP contribution in [0.2, 0.25) is 0 Å². The summed E-state index contributed by atoms with van der Waals surface area (Å²) in [4.78, 5) is 32.6. The number of rotatable bonds is 11. The number of terminal acetylenes is 1. The summed E-state index contributed by atoms with van der Waals surface area (Å²) in [6.45, 7) is 24.5. The zero-order chi connectivity index (χ0) is 32.0. The van der Waals surface area contributed by atoms with Gasteiger partial charge in [0.2, 0.25) is 5.91 Å². The van der Waals surface area contributed by atoms with Crippen molar-refractivity contribution in [2.24, 2.45) is 16.4 Å². The third-order valence-electron chi connectivity index (χ3n) is 8.08. The SMILES string of the molecule is C#CC(=NN(C)CC(=O)N1CCC2(CC1)C(=C)N(CC(C=C(C)OC)=C(C(=C)OC)C(C)C)C(=O)N2CC)C(C)(C)C. The number of hydrazone groups is 1. The van der Waals surface area contributed by atoms with Gasteiger partial charge in [0, 0.05) is 43.4 Å². The molecular formula is C33H51N5O4. The number of hydrogen-bond acceptors (Lipinski definition) is 6. The Morgan fingerprint density at radius 3 is 2.29 bits per heavy atom. The topological polar surface area (TPSA) is 77.9 Å². The number of allylic oxidation sites excluding steroid dienone is 2. The van der Waals surface area contributed by atoms with Crippen molar-refractivity contribution in [2.75, 3.05) is 54.0 Å². The molecule has 0 unspecified atom stereocenters. The fourth-order valence-corrected chi connectivity index (χ4v) is 5.70. The maximum absolute atomic E-state index is 13.9. The van der Waals surface area contributed by atoms with Crippen molar-refractivity contribution in [3.05, 3.63) is 47.6 Å². The van der Waals surface area contributed by atoms with Gasteiger partial charge in [-0.25, -0.2) is 4.79 Å². The van der Waals surface area contributed by atoms with E-state index in [2.05, 4.69) is 38.0 Å². The largest absolute Gasteiger partial charge is 0.501 e. The van der Waals surface area contributed by atoms with Crippen LogP contribution in [0.4, 0.5) is 4.79 Å². The number of amides is 3. The molecule has 2 heterocycles. The van der Waals surface area contributed by atoms with Crippen molar-refractivity contribution >= 4 is 17.6 Å². The molecule has 0 aliphatic carbocycles. The highest BCUT2D eigenvalue weighted by molar-refractivity contribution is 6.03. The molecular weight excluding hydrogens is 530 g/mol. The standard InChI is InChI=1S/C33H51N5O4/c1-14-28(32(8,9)10)34-35(11)22-29(39)36-18-16-33(17-19-36)26(7)37(31(40)38(33)15-2)21-27(20-24(5)41-12)30(23(3)4)25(6)42-13/h1,20,23H,6-7,15-19,21-22H2,2-5,8-13H3. The first-order chi connectivity index (χ1) is 19.6. The lowest BCUT2D eigenvalue weighted by Crippen LogP contribution is -2.55. The van der Waals surface area contributed by atoms with E-state index in [1.54, 1.807) is 31.2 Å². The number of nitrogens with zero attached hydrogens (tertiary/aromatic N) is 5. The number of carbonyl (C=O) groups is 2. The van der Waals surface area contributed by atoms with Gasteiger partial charge in [-0.15, -0.1) is 6.42 Å². The predicted molar refractivity (Wildman–Crippen MR) is 169 cm³/mol. The lowest BCUT2D eigenvalue weighted by atomic mass is 9.84. The average molecular weight is 582 g/mol. The first-order valence-electron chi connectivity index (χ1n) is 14.6. The van der Waals surface area contributed by atoms with Crippen LogP contribution in [0, 0.1) is 23.7 Å². The summed E-state index contributed by atoms with van der Waals surface area (Å²) >= 11 is 0. The molecule has 0 atom stereocenters. The fraction of sp³-hybridized carbons (Fsp3) is 0.606. The molecule has 9 heteroatoms. The summed E-state index contributed by atoms with van der Waals surface area (Å²) in [5, 5.41) is 6.09. The van der Waals surface area contributed by atoms with Crippen molar-refractivity contribution in [3.63, 3.8) is 0 Å². The van der Waals surface area contributed by atoms with E-state index in [9.17, 15) is 9.59 Å². The Balaban J connectivity index is 2.31. The van der Waals surface area contributed by atoms with E-state index in [1.807, 2.05) is 50.5 Å². The van der Waals surface area contributed by atoms with Gasteiger partial charge in [0.1, 0.15) is 18.0 Å². The van der Waals surface area contributed by atoms with Crippen LogP contribution in [0.1, 0.15) is 61.3 Å². The molecule has 232 valence electrons. The van der Waals surface area contributed by atoms with Crippen LogP contribution in [-0.2, 0) is 14.3 Å². The number of carbonyl (C=O) groups excluding carboxylic acids is 2. The summed E-state index contributed by atoms with van der Waals surface area (Å²) < 4.78 is 11.0. The number of hydrogen-bond donors (Lipinski definition) is 0. The maximum Gasteiger partial charge on any atom is 0.325 e. The highest BCUT2D eigenvalue weighted by Crippen LogP contribution is 2.43. The minimum atomic E-state index is -0.559. The number of urea groups is 1. The monoisotopic (exact) mass is 581 g/mol. The molecule has 2 fully saturated rings. The Bertz CT molecular complexity index is 1190. The predicted octanol–water partition coefficient (Wildman–Crippen LogP) is 5.25. The molecule has 0 N–H and O–H groups in total. The van der Waals surface area contributed by atoms with Crippen molar-refractivity contribution in [1.29, 1.82) is 0 Å². The van der Waals surface area contributed by atoms with E-state index >= 15 is 0 Å². The van der Waals surface area contributed by atoms with Crippen LogP contribution in [0.15, 0.2) is 52.7 Å². The molecule has 0 aromatic rings. The highest BCUT2D eigenvalue weighted by atomic mass is 16.5. The van der Waals surface area contributed by atoms with Crippen molar-refractivity contribution in [3.8, 4) is 12.3 Å². The van der Waals surface area contributed by atoms with Crippen molar-refractivity contribution in [1.82, 2.24) is 19.7 Å². The Morgan fingerprint density at radius 1 is 1.24 bits per heavy atom. The summed E-state index contributed by atoms with van der Waals surface area (Å²) in [6.07, 6.45) is 8.80. The van der Waals surface area contributed by atoms with Crippen LogP contribution < -0.4 is 0 Å². The number of likely N-dealkylation sites (tertiary alicyclic amines) is 1. The van der Waals surface area contributed by atoms with Gasteiger partial charge in [-0.1, -0.05) is 53.7 Å². The Hall–Kier alpha value is -3.67. The van der Waals surface area contributed by atoms with Gasteiger partial charge in [-0.05, 0) is 44.3 Å². The molecule has 0 aromatic carbocycles. The zero-order valence-electron chi connectivity index (χ0n) is 27.5. The first-order valence-corrected chi connectivity index (χ1v) is 14.6. The Morgan fingerprint density at radius 2 is 1.83 bits per heavy atom. The van der Waals surface area contributed by atoms with E-state index in [-0.39, 0.29) is 29.8 Å². The van der Waals surface area contributed by atoms with Gasteiger partial charge in [-0.3, -0.25) is 14.7 Å². The number of ether oxygens (including phenoxy) is 2. The first kappa shape index (κ1) is 34.5. The Kier molecular flexibility index (Phi) is 11.5. The fourth-order valence-electron chi connectivity index (χ4n) is 5.70. The normalized spacial score (nSPS) is 18.4. The lowest BCUT2D eigenvalue weighted by molar-refractivity contribution is -0.134. The van der Waals surface area contributed by atoms with E-state index in [0.29, 0.717) is 56.3 Å². The van der Waals surface area contributed by atoms with Crippen molar-refractivity contribution < 1.29 is 19.1 Å². The van der Waals surface area contributed by atoms with Gasteiger partial charge < -0.3 is 19.3 Å². The number of piperidine rings is 1. The molecule has 3 amide bonds. The molecule has 1 spiro atoms. The summed E-state index contributed by atoms with van der Waals surface area (Å²) in [7, 11) is 4.98. The third kappa shape index (κ3) is 7.39. The maximum atomic E-state index is 13.9. The molecule has 0 saturated carbocycles. The molecule has 42 heavy (non-hydrogen) atoms. The average Bonchev–Trinajstić information content (AvgIpc) is 3.11. The van der Waals surface area contributed by atoms with Gasteiger partial charge in [-0.2, -0.15) is 5.10 Å². The molecule has 2 aliphatic heterocycles. The van der Waals surface area contributed by atoms with Crippen LogP contribution in [-0.4, -0.2) is 96.9 Å². The van der Waals surface area contributed by atoms with Crippen molar-refractivity contribution in [2.45, 2.75) is 66.8 Å². The van der Waals surface area contributed by atoms with Crippen LogP contribution >= 0.6 is 0 Å². The van der Waals surface area contributed by atoms with E-state index in [1.165, 1.54) is 0 Å². The van der Waals surface area contributed by atoms with Gasteiger partial charge in [0.25, 0.3) is 0 Å². The van der Waals surface area contributed by atoms with E-state index < -0.39 is 5.54 Å². The second kappa shape index (κ2) is 14.0. The van der Waals surface area contributed by atoms with Crippen LogP contribution in [0.3, 0.4) is 0 Å². The molecule has 0 radical (unpaired) electrons. The van der Waals surface area contributed by atoms with Gasteiger partial charge in [0.05, 0.1) is 32.1 Å². The van der Waals surface area contributed by atoms with E-state index in [0.717, 1.165) is 16.8 Å². The zero-order valence-corrected chi connectivity index (χ0v) is 27.5. The van der Waals surface area contributed by atoms with Crippen LogP contribution in [0.5, 0.6) is 0 Å². The van der Waals surface area contributed by atoms with Gasteiger partial charge >= 0.3 is 6.03 Å².